The van der Waals surface area contributed by atoms with Crippen molar-refractivity contribution in [2.45, 2.75) is 31.8 Å². The number of carbonyl (C=O) groups is 2. The van der Waals surface area contributed by atoms with Gasteiger partial charge in [0.25, 0.3) is 11.8 Å². The molecule has 0 aliphatic carbocycles. The molecule has 0 aliphatic rings. The normalized spacial score (nSPS) is 12.0. The zero-order valence-corrected chi connectivity index (χ0v) is 18.3. The number of nitrogens with one attached hydrogen (secondary N) is 2. The molecule has 9 nitrogen and oxygen atoms in total. The topological polar surface area (TPSA) is 129 Å². The van der Waals surface area contributed by atoms with Crippen LogP contribution in [0.5, 0.6) is 5.75 Å². The average molecular weight is 445 g/mol. The van der Waals surface area contributed by atoms with Gasteiger partial charge in [-0.15, -0.1) is 0 Å². The van der Waals surface area contributed by atoms with Gasteiger partial charge in [0.05, 0.1) is 16.5 Å². The smallest absolute Gasteiger partial charge is 0.279 e. The number of nitriles is 1. The van der Waals surface area contributed by atoms with Gasteiger partial charge in [-0.05, 0) is 43.3 Å². The van der Waals surface area contributed by atoms with E-state index in [4.69, 9.17) is 10.00 Å². The number of hydrazine groups is 1. The lowest BCUT2D eigenvalue weighted by molar-refractivity contribution is -0.128. The van der Waals surface area contributed by atoms with Crippen LogP contribution in [-0.2, 0) is 14.8 Å². The molecule has 1 atom stereocenters. The third kappa shape index (κ3) is 6.04. The fourth-order valence-electron chi connectivity index (χ4n) is 2.70. The van der Waals surface area contributed by atoms with Crippen LogP contribution in [0.4, 0.5) is 0 Å². The molecule has 2 amide bonds. The first kappa shape index (κ1) is 23.9. The molecule has 2 aromatic rings. The van der Waals surface area contributed by atoms with Crippen molar-refractivity contribution in [3.63, 3.8) is 0 Å². The maximum atomic E-state index is 12.6. The van der Waals surface area contributed by atoms with E-state index in [1.807, 2.05) is 6.07 Å². The second kappa shape index (κ2) is 10.6. The maximum Gasteiger partial charge on any atom is 0.279 e. The van der Waals surface area contributed by atoms with E-state index in [-0.39, 0.29) is 10.5 Å². The number of sulfonamides is 1. The molecule has 1 unspecified atom stereocenters. The zero-order valence-electron chi connectivity index (χ0n) is 17.5. The summed E-state index contributed by atoms with van der Waals surface area (Å²) in [7, 11) is -3.72. The van der Waals surface area contributed by atoms with Crippen LogP contribution in [0.1, 0.15) is 36.7 Å². The largest absolute Gasteiger partial charge is 0.481 e. The zero-order chi connectivity index (χ0) is 23.0. The minimum absolute atomic E-state index is 0.00995. The van der Waals surface area contributed by atoms with Crippen LogP contribution < -0.4 is 15.6 Å². The van der Waals surface area contributed by atoms with Crippen molar-refractivity contribution in [2.24, 2.45) is 0 Å². The fraction of sp³-hybridized carbons (Fsp3) is 0.286. The van der Waals surface area contributed by atoms with Crippen molar-refractivity contribution in [3.05, 3.63) is 59.7 Å². The van der Waals surface area contributed by atoms with Gasteiger partial charge in [0, 0.05) is 18.7 Å². The highest BCUT2D eigenvalue weighted by Gasteiger charge is 2.23. The monoisotopic (exact) mass is 444 g/mol. The third-order valence-electron chi connectivity index (χ3n) is 4.38. The molecule has 164 valence electrons. The van der Waals surface area contributed by atoms with Crippen molar-refractivity contribution >= 4 is 21.8 Å². The average Bonchev–Trinajstić information content (AvgIpc) is 2.78. The maximum absolute atomic E-state index is 12.6. The molecule has 0 saturated carbocycles. The minimum atomic E-state index is -3.72. The van der Waals surface area contributed by atoms with Crippen molar-refractivity contribution in [3.8, 4) is 11.8 Å². The third-order valence-corrected chi connectivity index (χ3v) is 6.43. The Labute approximate surface area is 181 Å². The molecular formula is C21H24N4O5S. The Morgan fingerprint density at radius 2 is 1.77 bits per heavy atom. The second-order valence-electron chi connectivity index (χ2n) is 6.46. The van der Waals surface area contributed by atoms with Gasteiger partial charge < -0.3 is 4.74 Å². The Morgan fingerprint density at radius 3 is 2.42 bits per heavy atom. The van der Waals surface area contributed by atoms with Crippen LogP contribution in [0, 0.1) is 11.3 Å². The van der Waals surface area contributed by atoms with Crippen LogP contribution in [0.25, 0.3) is 0 Å². The van der Waals surface area contributed by atoms with E-state index < -0.39 is 27.9 Å². The highest BCUT2D eigenvalue weighted by molar-refractivity contribution is 7.89. The standard InChI is InChI=1S/C21H24N4O5S/c1-4-25(5-2)31(28,29)19-11-7-9-17(13-19)21(27)24-23-20(26)15(3)30-18-10-6-8-16(12-18)14-22/h6-13,15H,4-5H2,1-3H3,(H,23,26)(H,24,27). The molecule has 2 N–H and O–H groups in total. The van der Waals surface area contributed by atoms with Gasteiger partial charge in [-0.1, -0.05) is 26.0 Å². The van der Waals surface area contributed by atoms with Gasteiger partial charge in [0.1, 0.15) is 5.75 Å². The molecule has 10 heteroatoms. The number of ether oxygens (including phenoxy) is 1. The second-order valence-corrected chi connectivity index (χ2v) is 8.40. The Bertz CT molecular complexity index is 1090. The summed E-state index contributed by atoms with van der Waals surface area (Å²) in [5.74, 6) is -0.964. The summed E-state index contributed by atoms with van der Waals surface area (Å²) in [6.45, 7) is 5.55. The Hall–Kier alpha value is -3.42. The lowest BCUT2D eigenvalue weighted by Crippen LogP contribution is -2.47. The molecule has 0 heterocycles. The van der Waals surface area contributed by atoms with Gasteiger partial charge in [-0.25, -0.2) is 8.42 Å². The summed E-state index contributed by atoms with van der Waals surface area (Å²) in [5.41, 5.74) is 4.95. The number of rotatable bonds is 8. The van der Waals surface area contributed by atoms with Gasteiger partial charge in [0.15, 0.2) is 6.10 Å². The highest BCUT2D eigenvalue weighted by Crippen LogP contribution is 2.17. The lowest BCUT2D eigenvalue weighted by atomic mass is 10.2. The number of nitrogens with zero attached hydrogens (tertiary/aromatic N) is 2. The van der Waals surface area contributed by atoms with Gasteiger partial charge >= 0.3 is 0 Å². The summed E-state index contributed by atoms with van der Waals surface area (Å²) in [6, 6.07) is 13.9. The molecule has 0 saturated heterocycles. The highest BCUT2D eigenvalue weighted by atomic mass is 32.2. The molecule has 0 bridgehead atoms. The van der Waals surface area contributed by atoms with Crippen LogP contribution in [0.15, 0.2) is 53.4 Å². The minimum Gasteiger partial charge on any atom is -0.481 e. The summed E-state index contributed by atoms with van der Waals surface area (Å²) in [4.78, 5) is 24.6. The molecule has 0 spiro atoms. The Balaban J connectivity index is 2.02. The van der Waals surface area contributed by atoms with E-state index in [1.165, 1.54) is 41.6 Å². The molecule has 31 heavy (non-hydrogen) atoms. The predicted octanol–water partition coefficient (Wildman–Crippen LogP) is 1.82. The number of carbonyl (C=O) groups excluding carboxylic acids is 2. The lowest BCUT2D eigenvalue weighted by Gasteiger charge is -2.19. The molecule has 0 aromatic heterocycles. The number of amides is 2. The molecule has 0 fully saturated rings. The summed E-state index contributed by atoms with van der Waals surface area (Å²) in [6.07, 6.45) is -0.955. The van der Waals surface area contributed by atoms with Crippen LogP contribution in [-0.4, -0.2) is 43.7 Å². The molecule has 2 rings (SSSR count). The summed E-state index contributed by atoms with van der Waals surface area (Å²) in [5, 5.41) is 8.91. The first-order valence-corrected chi connectivity index (χ1v) is 11.0. The van der Waals surface area contributed by atoms with Crippen molar-refractivity contribution < 1.29 is 22.7 Å². The summed E-state index contributed by atoms with van der Waals surface area (Å²) < 4.78 is 32.0. The fourth-order valence-corrected chi connectivity index (χ4v) is 4.20. The van der Waals surface area contributed by atoms with E-state index in [0.29, 0.717) is 24.4 Å². The first-order valence-electron chi connectivity index (χ1n) is 9.60. The van der Waals surface area contributed by atoms with Crippen LogP contribution in [0.2, 0.25) is 0 Å². The van der Waals surface area contributed by atoms with Gasteiger partial charge in [-0.2, -0.15) is 9.57 Å². The molecule has 2 aromatic carbocycles. The number of hydrogen-bond acceptors (Lipinski definition) is 6. The van der Waals surface area contributed by atoms with Crippen molar-refractivity contribution in [2.75, 3.05) is 13.1 Å². The van der Waals surface area contributed by atoms with Gasteiger partial charge in [0.2, 0.25) is 10.0 Å². The molecule has 0 aliphatic heterocycles. The van der Waals surface area contributed by atoms with E-state index >= 15 is 0 Å². The number of benzene rings is 2. The first-order chi connectivity index (χ1) is 14.7. The van der Waals surface area contributed by atoms with Crippen molar-refractivity contribution in [1.29, 1.82) is 5.26 Å². The Kier molecular flexibility index (Phi) is 8.13. The predicted molar refractivity (Wildman–Crippen MR) is 113 cm³/mol. The van der Waals surface area contributed by atoms with Gasteiger partial charge in [-0.3, -0.25) is 20.4 Å². The molecule has 0 radical (unpaired) electrons. The summed E-state index contributed by atoms with van der Waals surface area (Å²) >= 11 is 0. The molecular weight excluding hydrogens is 420 g/mol. The SMILES string of the molecule is CCN(CC)S(=O)(=O)c1cccc(C(=O)NNC(=O)C(C)Oc2cccc(C#N)c2)c1. The van der Waals surface area contributed by atoms with E-state index in [2.05, 4.69) is 10.9 Å². The van der Waals surface area contributed by atoms with E-state index in [0.717, 1.165) is 0 Å². The quantitative estimate of drug-likeness (QED) is 0.598. The number of hydrogen-bond donors (Lipinski definition) is 2. The van der Waals surface area contributed by atoms with Crippen LogP contribution >= 0.6 is 0 Å². The van der Waals surface area contributed by atoms with E-state index in [1.54, 1.807) is 32.0 Å². The Morgan fingerprint density at radius 1 is 1.10 bits per heavy atom. The van der Waals surface area contributed by atoms with Crippen molar-refractivity contribution in [1.82, 2.24) is 15.2 Å². The van der Waals surface area contributed by atoms with E-state index in [9.17, 15) is 18.0 Å². The van der Waals surface area contributed by atoms with Crippen LogP contribution in [0.3, 0.4) is 0 Å².